The first-order chi connectivity index (χ1) is 8.70. The topological polar surface area (TPSA) is 35.2 Å². The van der Waals surface area contributed by atoms with Crippen LogP contribution in [0.1, 0.15) is 56.1 Å². The summed E-state index contributed by atoms with van der Waals surface area (Å²) in [5, 5.41) is 0. The zero-order valence-electron chi connectivity index (χ0n) is 12.0. The zero-order chi connectivity index (χ0) is 13.0. The number of halogens is 1. The normalized spacial score (nSPS) is 17.6. The van der Waals surface area contributed by atoms with Crippen molar-refractivity contribution in [1.82, 2.24) is 0 Å². The largest absolute Gasteiger partial charge is 0.496 e. The highest BCUT2D eigenvalue weighted by molar-refractivity contribution is 5.85. The molecule has 0 radical (unpaired) electrons. The molecule has 2 N–H and O–H groups in total. The van der Waals surface area contributed by atoms with Gasteiger partial charge in [-0.25, -0.2) is 0 Å². The lowest BCUT2D eigenvalue weighted by molar-refractivity contribution is 0.387. The van der Waals surface area contributed by atoms with E-state index in [0.29, 0.717) is 5.92 Å². The van der Waals surface area contributed by atoms with Gasteiger partial charge in [0.25, 0.3) is 0 Å². The van der Waals surface area contributed by atoms with Gasteiger partial charge in [0.2, 0.25) is 0 Å². The van der Waals surface area contributed by atoms with Crippen LogP contribution >= 0.6 is 12.4 Å². The van der Waals surface area contributed by atoms with Gasteiger partial charge in [-0.05, 0) is 49.3 Å². The van der Waals surface area contributed by atoms with Crippen LogP contribution in [0.25, 0.3) is 0 Å². The number of nitrogens with two attached hydrogens (primary N) is 1. The Hall–Kier alpha value is -0.730. The van der Waals surface area contributed by atoms with Gasteiger partial charge in [-0.2, -0.15) is 0 Å². The lowest BCUT2D eigenvalue weighted by Crippen LogP contribution is -2.18. The number of benzene rings is 1. The molecule has 0 saturated heterocycles. The summed E-state index contributed by atoms with van der Waals surface area (Å²) in [5.74, 6) is 1.73. The van der Waals surface area contributed by atoms with Gasteiger partial charge in [0.05, 0.1) is 7.11 Å². The predicted octanol–water partition coefficient (Wildman–Crippen LogP) is 4.05. The maximum Gasteiger partial charge on any atom is 0.122 e. The second-order valence-electron chi connectivity index (χ2n) is 5.59. The summed E-state index contributed by atoms with van der Waals surface area (Å²) >= 11 is 0. The van der Waals surface area contributed by atoms with Crippen molar-refractivity contribution in [3.05, 3.63) is 29.3 Å². The van der Waals surface area contributed by atoms with Gasteiger partial charge in [0, 0.05) is 6.04 Å². The van der Waals surface area contributed by atoms with Crippen molar-refractivity contribution >= 4 is 12.4 Å². The first-order valence-electron chi connectivity index (χ1n) is 7.13. The van der Waals surface area contributed by atoms with Crippen LogP contribution in [0.4, 0.5) is 0 Å². The molecule has 1 aromatic carbocycles. The fraction of sp³-hybridized carbons (Fsp3) is 0.625. The minimum absolute atomic E-state index is 0. The van der Waals surface area contributed by atoms with Crippen molar-refractivity contribution in [3.63, 3.8) is 0 Å². The van der Waals surface area contributed by atoms with E-state index in [4.69, 9.17) is 10.5 Å². The van der Waals surface area contributed by atoms with E-state index < -0.39 is 0 Å². The monoisotopic (exact) mass is 283 g/mol. The van der Waals surface area contributed by atoms with E-state index in [0.717, 1.165) is 12.2 Å². The van der Waals surface area contributed by atoms with Gasteiger partial charge >= 0.3 is 0 Å². The highest BCUT2D eigenvalue weighted by Gasteiger charge is 2.19. The molecule has 1 unspecified atom stereocenters. The van der Waals surface area contributed by atoms with Crippen LogP contribution in [0.2, 0.25) is 0 Å². The van der Waals surface area contributed by atoms with Crippen molar-refractivity contribution in [2.45, 2.75) is 57.4 Å². The van der Waals surface area contributed by atoms with E-state index in [9.17, 15) is 0 Å². The van der Waals surface area contributed by atoms with Gasteiger partial charge < -0.3 is 10.5 Å². The fourth-order valence-electron chi connectivity index (χ4n) is 3.02. The summed E-state index contributed by atoms with van der Waals surface area (Å²) in [6, 6.07) is 6.80. The third-order valence-electron chi connectivity index (χ3n) is 3.90. The van der Waals surface area contributed by atoms with Crippen LogP contribution in [0.15, 0.2) is 18.2 Å². The third kappa shape index (κ3) is 4.39. The van der Waals surface area contributed by atoms with Gasteiger partial charge in [-0.15, -0.1) is 12.4 Å². The molecule has 19 heavy (non-hydrogen) atoms. The van der Waals surface area contributed by atoms with Crippen molar-refractivity contribution < 1.29 is 4.74 Å². The van der Waals surface area contributed by atoms with Crippen molar-refractivity contribution in [3.8, 4) is 5.75 Å². The lowest BCUT2D eigenvalue weighted by Gasteiger charge is -2.24. The zero-order valence-corrected chi connectivity index (χ0v) is 12.8. The Morgan fingerprint density at radius 2 is 1.95 bits per heavy atom. The molecule has 0 spiro atoms. The Morgan fingerprint density at radius 1 is 1.26 bits per heavy atom. The summed E-state index contributed by atoms with van der Waals surface area (Å²) in [6.45, 7) is 2.06. The summed E-state index contributed by atoms with van der Waals surface area (Å²) < 4.78 is 5.53. The van der Waals surface area contributed by atoms with E-state index >= 15 is 0 Å². The van der Waals surface area contributed by atoms with Crippen molar-refractivity contribution in [2.24, 2.45) is 5.73 Å². The first-order valence-corrected chi connectivity index (χ1v) is 7.13. The Kier molecular flexibility index (Phi) is 6.67. The number of hydrogen-bond acceptors (Lipinski definition) is 2. The minimum atomic E-state index is 0. The Balaban J connectivity index is 0.00000180. The van der Waals surface area contributed by atoms with Crippen LogP contribution in [-0.2, 0) is 6.42 Å². The summed E-state index contributed by atoms with van der Waals surface area (Å²) in [6.07, 6.45) is 7.65. The lowest BCUT2D eigenvalue weighted by atomic mass is 9.83. The average Bonchev–Trinajstić information content (AvgIpc) is 2.39. The van der Waals surface area contributed by atoms with Crippen molar-refractivity contribution in [2.75, 3.05) is 7.11 Å². The molecule has 2 nitrogen and oxygen atoms in total. The maximum atomic E-state index is 5.89. The Labute approximate surface area is 123 Å². The molecule has 0 bridgehead atoms. The van der Waals surface area contributed by atoms with Crippen LogP contribution < -0.4 is 10.5 Å². The van der Waals surface area contributed by atoms with Crippen LogP contribution in [0, 0.1) is 0 Å². The number of ether oxygens (including phenoxy) is 1. The summed E-state index contributed by atoms with van der Waals surface area (Å²) in [4.78, 5) is 0. The SMILES string of the molecule is COc1ccc(CC(C)N)cc1C1CCCCC1.Cl. The molecule has 108 valence electrons. The molecule has 1 aliphatic carbocycles. The van der Waals surface area contributed by atoms with Gasteiger partial charge in [-0.1, -0.05) is 31.4 Å². The van der Waals surface area contributed by atoms with Gasteiger partial charge in [0.1, 0.15) is 5.75 Å². The van der Waals surface area contributed by atoms with Gasteiger partial charge in [0.15, 0.2) is 0 Å². The molecule has 0 aromatic heterocycles. The number of hydrogen-bond donors (Lipinski definition) is 1. The third-order valence-corrected chi connectivity index (χ3v) is 3.90. The standard InChI is InChI=1S/C16H25NO.ClH/c1-12(17)10-13-8-9-16(18-2)15(11-13)14-6-4-3-5-7-14;/h8-9,11-12,14H,3-7,10,17H2,1-2H3;1H. The molecule has 1 aromatic rings. The second kappa shape index (κ2) is 7.76. The molecular weight excluding hydrogens is 258 g/mol. The Bertz CT molecular complexity index is 386. The number of rotatable bonds is 4. The molecule has 2 rings (SSSR count). The minimum Gasteiger partial charge on any atom is -0.496 e. The molecule has 0 heterocycles. The second-order valence-corrected chi connectivity index (χ2v) is 5.59. The molecule has 1 atom stereocenters. The molecule has 1 saturated carbocycles. The maximum absolute atomic E-state index is 5.89. The average molecular weight is 284 g/mol. The van der Waals surface area contributed by atoms with E-state index in [1.165, 1.54) is 43.2 Å². The Morgan fingerprint density at radius 3 is 2.53 bits per heavy atom. The van der Waals surface area contributed by atoms with Crippen LogP contribution in [-0.4, -0.2) is 13.2 Å². The molecule has 1 fully saturated rings. The van der Waals surface area contributed by atoms with E-state index in [1.807, 2.05) is 0 Å². The molecule has 0 amide bonds. The quantitative estimate of drug-likeness (QED) is 0.905. The number of methoxy groups -OCH3 is 1. The molecule has 0 aliphatic heterocycles. The smallest absolute Gasteiger partial charge is 0.122 e. The van der Waals surface area contributed by atoms with Crippen LogP contribution in [0.3, 0.4) is 0 Å². The summed E-state index contributed by atoms with van der Waals surface area (Å²) in [5.41, 5.74) is 8.63. The fourth-order valence-corrected chi connectivity index (χ4v) is 3.02. The van der Waals surface area contributed by atoms with Crippen molar-refractivity contribution in [1.29, 1.82) is 0 Å². The van der Waals surface area contributed by atoms with Crippen LogP contribution in [0.5, 0.6) is 5.75 Å². The van der Waals surface area contributed by atoms with E-state index in [2.05, 4.69) is 25.1 Å². The highest BCUT2D eigenvalue weighted by atomic mass is 35.5. The van der Waals surface area contributed by atoms with E-state index in [1.54, 1.807) is 7.11 Å². The summed E-state index contributed by atoms with van der Waals surface area (Å²) in [7, 11) is 1.77. The predicted molar refractivity (Wildman–Crippen MR) is 83.4 cm³/mol. The first kappa shape index (κ1) is 16.3. The van der Waals surface area contributed by atoms with E-state index in [-0.39, 0.29) is 18.4 Å². The van der Waals surface area contributed by atoms with Gasteiger partial charge in [-0.3, -0.25) is 0 Å². The molecule has 1 aliphatic rings. The highest BCUT2D eigenvalue weighted by Crippen LogP contribution is 2.37. The molecule has 3 heteroatoms. The molecular formula is C16H26ClNO.